The van der Waals surface area contributed by atoms with Crippen LogP contribution in [0.15, 0.2) is 84.9 Å². The molecule has 0 aromatic heterocycles. The molecule has 3 aromatic carbocycles. The van der Waals surface area contributed by atoms with Crippen LogP contribution in [0.3, 0.4) is 0 Å². The Bertz CT molecular complexity index is 1310. The first kappa shape index (κ1) is 29.6. The van der Waals surface area contributed by atoms with Crippen LogP contribution in [0.2, 0.25) is 0 Å². The molecule has 39 heavy (non-hydrogen) atoms. The molecule has 0 aliphatic rings. The molecule has 0 spiro atoms. The number of hydrogen-bond donors (Lipinski definition) is 2. The van der Waals surface area contributed by atoms with E-state index in [1.54, 1.807) is 27.2 Å². The monoisotopic (exact) mass is 528 g/mol. The molecule has 3 N–H and O–H groups in total. The standard InChI is InChI=1S/C32H40N4O3/c1-32(2,33)20-12-19-29(37)35(4)28(22-25-17-11-16-24-15-9-10-18-26(24)25)31(39)36(5)27(30(38)34-3)21-23-13-7-6-8-14-23/h6-19,27-28H,20-22,33H2,1-5H3,(H,34,38)/b19-12+/t27?,28-/m1/s1. The highest BCUT2D eigenvalue weighted by Crippen LogP contribution is 2.22. The molecule has 3 rings (SSSR count). The van der Waals surface area contributed by atoms with E-state index in [1.807, 2.05) is 86.6 Å². The van der Waals surface area contributed by atoms with Crippen LogP contribution in [0.1, 0.15) is 31.4 Å². The molecule has 1 unspecified atom stereocenters. The molecule has 7 nitrogen and oxygen atoms in total. The normalized spacial score (nSPS) is 13.2. The quantitative estimate of drug-likeness (QED) is 0.371. The van der Waals surface area contributed by atoms with Crippen molar-refractivity contribution in [1.82, 2.24) is 15.1 Å². The second-order valence-electron chi connectivity index (χ2n) is 10.7. The van der Waals surface area contributed by atoms with Gasteiger partial charge in [0.2, 0.25) is 17.7 Å². The number of nitrogens with two attached hydrogens (primary N) is 1. The summed E-state index contributed by atoms with van der Waals surface area (Å²) >= 11 is 0. The van der Waals surface area contributed by atoms with Crippen LogP contribution in [-0.4, -0.2) is 66.3 Å². The van der Waals surface area contributed by atoms with Crippen molar-refractivity contribution in [2.24, 2.45) is 5.73 Å². The van der Waals surface area contributed by atoms with Crippen molar-refractivity contribution in [3.8, 4) is 0 Å². The zero-order valence-electron chi connectivity index (χ0n) is 23.6. The average molecular weight is 529 g/mol. The largest absolute Gasteiger partial charge is 0.357 e. The summed E-state index contributed by atoms with van der Waals surface area (Å²) < 4.78 is 0. The molecule has 3 aromatic rings. The Hall–Kier alpha value is -3.97. The summed E-state index contributed by atoms with van der Waals surface area (Å²) in [7, 11) is 4.83. The predicted octanol–water partition coefficient (Wildman–Crippen LogP) is 3.71. The zero-order chi connectivity index (χ0) is 28.6. The van der Waals surface area contributed by atoms with E-state index >= 15 is 0 Å². The van der Waals surface area contributed by atoms with Crippen LogP contribution in [0.4, 0.5) is 0 Å². The van der Waals surface area contributed by atoms with Crippen molar-refractivity contribution in [2.45, 2.75) is 50.7 Å². The first-order valence-electron chi connectivity index (χ1n) is 13.2. The number of carbonyl (C=O) groups is 3. The summed E-state index contributed by atoms with van der Waals surface area (Å²) in [4.78, 5) is 43.3. The van der Waals surface area contributed by atoms with Crippen LogP contribution in [0.5, 0.6) is 0 Å². The van der Waals surface area contributed by atoms with Crippen molar-refractivity contribution in [2.75, 3.05) is 21.1 Å². The Kier molecular flexibility index (Phi) is 10.0. The number of rotatable bonds is 11. The molecule has 0 heterocycles. The highest BCUT2D eigenvalue weighted by molar-refractivity contribution is 5.95. The van der Waals surface area contributed by atoms with Gasteiger partial charge in [-0.3, -0.25) is 14.4 Å². The van der Waals surface area contributed by atoms with Crippen molar-refractivity contribution in [3.05, 3.63) is 96.1 Å². The minimum absolute atomic E-state index is 0.266. The molecule has 0 saturated heterocycles. The summed E-state index contributed by atoms with van der Waals surface area (Å²) in [5.41, 5.74) is 7.50. The molecule has 0 fully saturated rings. The van der Waals surface area contributed by atoms with E-state index in [2.05, 4.69) is 5.32 Å². The third-order valence-electron chi connectivity index (χ3n) is 6.93. The zero-order valence-corrected chi connectivity index (χ0v) is 23.6. The second-order valence-corrected chi connectivity index (χ2v) is 10.7. The number of nitrogens with zero attached hydrogens (tertiary/aromatic N) is 2. The van der Waals surface area contributed by atoms with Gasteiger partial charge < -0.3 is 20.9 Å². The van der Waals surface area contributed by atoms with E-state index < -0.39 is 17.6 Å². The summed E-state index contributed by atoms with van der Waals surface area (Å²) in [6.07, 6.45) is 4.38. The van der Waals surface area contributed by atoms with Gasteiger partial charge in [0.15, 0.2) is 0 Å². The first-order valence-corrected chi connectivity index (χ1v) is 13.2. The summed E-state index contributed by atoms with van der Waals surface area (Å²) in [6, 6.07) is 22.0. The fourth-order valence-corrected chi connectivity index (χ4v) is 4.60. The fraction of sp³-hybridized carbons (Fsp3) is 0.344. The molecule has 0 aliphatic carbocycles. The van der Waals surface area contributed by atoms with Gasteiger partial charge in [-0.05, 0) is 48.2 Å². The number of carbonyl (C=O) groups excluding carboxylic acids is 3. The van der Waals surface area contributed by atoms with Gasteiger partial charge >= 0.3 is 0 Å². The maximum atomic E-state index is 14.1. The highest BCUT2D eigenvalue weighted by atomic mass is 16.2. The Labute approximate surface area is 231 Å². The van der Waals surface area contributed by atoms with Crippen LogP contribution in [-0.2, 0) is 27.2 Å². The Morgan fingerprint density at radius 3 is 2.18 bits per heavy atom. The third-order valence-corrected chi connectivity index (χ3v) is 6.93. The Morgan fingerprint density at radius 2 is 1.51 bits per heavy atom. The molecule has 0 bridgehead atoms. The van der Waals surface area contributed by atoms with Gasteiger partial charge in [0.1, 0.15) is 12.1 Å². The summed E-state index contributed by atoms with van der Waals surface area (Å²) in [5, 5.41) is 4.77. The van der Waals surface area contributed by atoms with E-state index in [-0.39, 0.29) is 17.7 Å². The Morgan fingerprint density at radius 1 is 0.872 bits per heavy atom. The number of amides is 3. The third kappa shape index (κ3) is 8.01. The molecule has 3 amide bonds. The number of fused-ring (bicyclic) bond motifs is 1. The van der Waals surface area contributed by atoms with Gasteiger partial charge in [0.05, 0.1) is 0 Å². The van der Waals surface area contributed by atoms with Crippen molar-refractivity contribution in [1.29, 1.82) is 0 Å². The van der Waals surface area contributed by atoms with E-state index in [4.69, 9.17) is 5.73 Å². The van der Waals surface area contributed by atoms with Gasteiger partial charge in [-0.15, -0.1) is 0 Å². The van der Waals surface area contributed by atoms with Gasteiger partial charge in [0, 0.05) is 39.5 Å². The number of nitrogens with one attached hydrogen (secondary N) is 1. The lowest BCUT2D eigenvalue weighted by Crippen LogP contribution is -2.55. The lowest BCUT2D eigenvalue weighted by atomic mass is 9.96. The minimum Gasteiger partial charge on any atom is -0.357 e. The second kappa shape index (κ2) is 13.2. The Balaban J connectivity index is 1.97. The molecule has 7 heteroatoms. The van der Waals surface area contributed by atoms with Crippen molar-refractivity contribution in [3.63, 3.8) is 0 Å². The number of hydrogen-bond acceptors (Lipinski definition) is 4. The minimum atomic E-state index is -0.827. The lowest BCUT2D eigenvalue weighted by molar-refractivity contribution is -0.146. The van der Waals surface area contributed by atoms with E-state index in [1.165, 1.54) is 15.9 Å². The maximum absolute atomic E-state index is 14.1. The van der Waals surface area contributed by atoms with E-state index in [0.29, 0.717) is 19.3 Å². The smallest absolute Gasteiger partial charge is 0.246 e. The predicted molar refractivity (Wildman–Crippen MR) is 157 cm³/mol. The van der Waals surface area contributed by atoms with Crippen molar-refractivity contribution >= 4 is 28.5 Å². The first-order chi connectivity index (χ1) is 18.5. The number of benzene rings is 3. The molecule has 206 valence electrons. The van der Waals surface area contributed by atoms with Crippen molar-refractivity contribution < 1.29 is 14.4 Å². The van der Waals surface area contributed by atoms with Gasteiger partial charge in [-0.25, -0.2) is 0 Å². The number of likely N-dealkylation sites (N-methyl/N-ethyl adjacent to an activating group) is 3. The molecular weight excluding hydrogens is 488 g/mol. The molecular formula is C32H40N4O3. The van der Waals surface area contributed by atoms with Crippen LogP contribution < -0.4 is 11.1 Å². The van der Waals surface area contributed by atoms with Gasteiger partial charge in [0.25, 0.3) is 0 Å². The molecule has 2 atom stereocenters. The van der Waals surface area contributed by atoms with Crippen LogP contribution >= 0.6 is 0 Å². The summed E-state index contributed by atoms with van der Waals surface area (Å²) in [5.74, 6) is -0.876. The summed E-state index contributed by atoms with van der Waals surface area (Å²) in [6.45, 7) is 3.78. The highest BCUT2D eigenvalue weighted by Gasteiger charge is 2.34. The lowest BCUT2D eigenvalue weighted by Gasteiger charge is -2.34. The average Bonchev–Trinajstić information content (AvgIpc) is 2.93. The fourth-order valence-electron chi connectivity index (χ4n) is 4.60. The molecule has 0 saturated carbocycles. The maximum Gasteiger partial charge on any atom is 0.246 e. The van der Waals surface area contributed by atoms with E-state index in [9.17, 15) is 14.4 Å². The van der Waals surface area contributed by atoms with Crippen LogP contribution in [0, 0.1) is 0 Å². The van der Waals surface area contributed by atoms with E-state index in [0.717, 1.165) is 21.9 Å². The van der Waals surface area contributed by atoms with Crippen LogP contribution in [0.25, 0.3) is 10.8 Å². The molecule has 0 aliphatic heterocycles. The topological polar surface area (TPSA) is 95.7 Å². The van der Waals surface area contributed by atoms with Gasteiger partial charge in [-0.1, -0.05) is 78.9 Å². The molecule has 0 radical (unpaired) electrons. The SMILES string of the molecule is CNC(=O)C(Cc1ccccc1)N(C)C(=O)[C@@H](Cc1cccc2ccccc12)N(C)C(=O)/C=C/CC(C)(C)N. The van der Waals surface area contributed by atoms with Gasteiger partial charge in [-0.2, -0.15) is 0 Å².